The Bertz CT molecular complexity index is 797. The van der Waals surface area contributed by atoms with Gasteiger partial charge in [-0.1, -0.05) is 37.8 Å². The summed E-state index contributed by atoms with van der Waals surface area (Å²) < 4.78 is 26.8. The molecule has 1 aromatic carbocycles. The molecule has 9 heteroatoms. The van der Waals surface area contributed by atoms with Crippen molar-refractivity contribution in [2.45, 2.75) is 43.4 Å². The summed E-state index contributed by atoms with van der Waals surface area (Å²) in [6.45, 7) is 0.958. The number of rotatable bonds is 6. The Morgan fingerprint density at radius 1 is 1.11 bits per heavy atom. The number of amides is 1. The van der Waals surface area contributed by atoms with E-state index in [1.165, 1.54) is 54.3 Å². The van der Waals surface area contributed by atoms with Crippen molar-refractivity contribution in [3.8, 4) is 0 Å². The van der Waals surface area contributed by atoms with Gasteiger partial charge in [0.25, 0.3) is 5.69 Å². The van der Waals surface area contributed by atoms with Crippen molar-refractivity contribution >= 4 is 21.6 Å². The maximum Gasteiger partial charge on any atom is 0.289 e. The van der Waals surface area contributed by atoms with E-state index in [-0.39, 0.29) is 23.9 Å². The number of nitro groups is 1. The molecule has 0 bridgehead atoms. The first-order valence-corrected chi connectivity index (χ1v) is 10.8. The summed E-state index contributed by atoms with van der Waals surface area (Å²) in [5.74, 6) is 0.721. The minimum Gasteiger partial charge on any atom is -0.340 e. The van der Waals surface area contributed by atoms with E-state index in [9.17, 15) is 23.3 Å². The quantitative estimate of drug-likeness (QED) is 0.544. The van der Waals surface area contributed by atoms with E-state index in [1.54, 1.807) is 4.90 Å². The molecule has 0 aromatic heterocycles. The van der Waals surface area contributed by atoms with Gasteiger partial charge in [-0.15, -0.1) is 0 Å². The Balaban J connectivity index is 1.59. The molecular weight excluding hydrogens is 370 g/mol. The standard InChI is InChI=1S/C18H25N3O5S/c22-18(10-9-15-5-1-2-6-15)19-11-13-20(14-12-19)27(25,26)17-8-4-3-7-16(17)21(23)24/h3-4,7-8,15H,1-2,5-6,9-14H2. The van der Waals surface area contributed by atoms with E-state index in [2.05, 4.69) is 0 Å². The largest absolute Gasteiger partial charge is 0.340 e. The first kappa shape index (κ1) is 19.8. The van der Waals surface area contributed by atoms with Crippen LogP contribution >= 0.6 is 0 Å². The van der Waals surface area contributed by atoms with Crippen LogP contribution in [0.4, 0.5) is 5.69 Å². The number of nitrogens with zero attached hydrogens (tertiary/aromatic N) is 3. The third kappa shape index (κ3) is 4.47. The summed E-state index contributed by atoms with van der Waals surface area (Å²) in [5, 5.41) is 11.1. The van der Waals surface area contributed by atoms with Crippen molar-refractivity contribution in [2.24, 2.45) is 5.92 Å². The molecule has 27 heavy (non-hydrogen) atoms. The summed E-state index contributed by atoms with van der Waals surface area (Å²) in [5.41, 5.74) is -0.424. The van der Waals surface area contributed by atoms with Gasteiger partial charge in [-0.3, -0.25) is 14.9 Å². The van der Waals surface area contributed by atoms with Crippen LogP contribution < -0.4 is 0 Å². The van der Waals surface area contributed by atoms with E-state index in [1.807, 2.05) is 0 Å². The van der Waals surface area contributed by atoms with Gasteiger partial charge in [-0.05, 0) is 18.4 Å². The summed E-state index contributed by atoms with van der Waals surface area (Å²) in [6.07, 6.45) is 6.33. The number of carbonyl (C=O) groups excluding carboxylic acids is 1. The first-order chi connectivity index (χ1) is 12.9. The van der Waals surface area contributed by atoms with Crippen molar-refractivity contribution in [2.75, 3.05) is 26.2 Å². The van der Waals surface area contributed by atoms with Gasteiger partial charge in [0.05, 0.1) is 4.92 Å². The molecule has 3 rings (SSSR count). The zero-order valence-corrected chi connectivity index (χ0v) is 16.1. The lowest BCUT2D eigenvalue weighted by Crippen LogP contribution is -2.50. The first-order valence-electron chi connectivity index (χ1n) is 9.41. The molecular formula is C18H25N3O5S. The van der Waals surface area contributed by atoms with Crippen LogP contribution in [-0.4, -0.2) is 54.6 Å². The molecule has 0 atom stereocenters. The Kier molecular flexibility index (Phi) is 6.11. The number of carbonyl (C=O) groups is 1. The van der Waals surface area contributed by atoms with Gasteiger partial charge in [0.1, 0.15) is 0 Å². The molecule has 1 aliphatic carbocycles. The molecule has 1 saturated carbocycles. The predicted octanol–water partition coefficient (Wildman–Crippen LogP) is 2.40. The van der Waals surface area contributed by atoms with Gasteiger partial charge in [-0.25, -0.2) is 8.42 Å². The highest BCUT2D eigenvalue weighted by molar-refractivity contribution is 7.89. The van der Waals surface area contributed by atoms with Gasteiger partial charge in [0.2, 0.25) is 15.9 Å². The number of para-hydroxylation sites is 1. The van der Waals surface area contributed by atoms with Gasteiger partial charge in [0, 0.05) is 38.7 Å². The van der Waals surface area contributed by atoms with Crippen LogP contribution in [-0.2, 0) is 14.8 Å². The highest BCUT2D eigenvalue weighted by Gasteiger charge is 2.34. The summed E-state index contributed by atoms with van der Waals surface area (Å²) in [6, 6.07) is 5.36. The highest BCUT2D eigenvalue weighted by Crippen LogP contribution is 2.29. The maximum absolute atomic E-state index is 12.8. The van der Waals surface area contributed by atoms with E-state index in [4.69, 9.17) is 0 Å². The third-order valence-electron chi connectivity index (χ3n) is 5.51. The molecule has 1 aromatic rings. The van der Waals surface area contributed by atoms with Crippen LogP contribution in [0, 0.1) is 16.0 Å². The zero-order chi connectivity index (χ0) is 19.4. The minimum absolute atomic E-state index is 0.0737. The molecule has 148 valence electrons. The number of piperazine rings is 1. The highest BCUT2D eigenvalue weighted by atomic mass is 32.2. The fourth-order valence-corrected chi connectivity index (χ4v) is 5.51. The van der Waals surface area contributed by atoms with Gasteiger partial charge in [0.15, 0.2) is 4.90 Å². The normalized spacial score (nSPS) is 19.3. The molecule has 0 N–H and O–H groups in total. The Morgan fingerprint density at radius 2 is 1.74 bits per heavy atom. The number of nitro benzene ring substituents is 1. The van der Waals surface area contributed by atoms with Crippen molar-refractivity contribution < 1.29 is 18.1 Å². The van der Waals surface area contributed by atoms with Gasteiger partial charge >= 0.3 is 0 Å². The van der Waals surface area contributed by atoms with Crippen LogP contribution in [0.2, 0.25) is 0 Å². The fraction of sp³-hybridized carbons (Fsp3) is 0.611. The molecule has 8 nitrogen and oxygen atoms in total. The lowest BCUT2D eigenvalue weighted by molar-refractivity contribution is -0.387. The van der Waals surface area contributed by atoms with Crippen molar-refractivity contribution in [1.29, 1.82) is 0 Å². The number of sulfonamides is 1. The molecule has 0 radical (unpaired) electrons. The lowest BCUT2D eigenvalue weighted by atomic mass is 10.0. The molecule has 0 spiro atoms. The van der Waals surface area contributed by atoms with Crippen molar-refractivity contribution in [3.63, 3.8) is 0 Å². The van der Waals surface area contributed by atoms with E-state index in [0.717, 1.165) is 6.42 Å². The molecule has 1 heterocycles. The van der Waals surface area contributed by atoms with E-state index >= 15 is 0 Å². The lowest BCUT2D eigenvalue weighted by Gasteiger charge is -2.34. The Labute approximate surface area is 159 Å². The molecule has 2 fully saturated rings. The van der Waals surface area contributed by atoms with Crippen LogP contribution in [0.1, 0.15) is 38.5 Å². The number of benzene rings is 1. The van der Waals surface area contributed by atoms with Gasteiger partial charge < -0.3 is 4.90 Å². The second kappa shape index (κ2) is 8.35. The number of hydrogen-bond donors (Lipinski definition) is 0. The smallest absolute Gasteiger partial charge is 0.289 e. The SMILES string of the molecule is O=C(CCC1CCCC1)N1CCN(S(=O)(=O)c2ccccc2[N+](=O)[O-])CC1. The second-order valence-corrected chi connectivity index (χ2v) is 9.11. The monoisotopic (exact) mass is 395 g/mol. The van der Waals surface area contributed by atoms with Gasteiger partial charge in [-0.2, -0.15) is 4.31 Å². The van der Waals surface area contributed by atoms with Crippen LogP contribution in [0.15, 0.2) is 29.2 Å². The Hall–Kier alpha value is -2.00. The zero-order valence-electron chi connectivity index (χ0n) is 15.2. The minimum atomic E-state index is -3.96. The maximum atomic E-state index is 12.8. The third-order valence-corrected chi connectivity index (χ3v) is 7.46. The molecule has 0 unspecified atom stereocenters. The summed E-state index contributed by atoms with van der Waals surface area (Å²) in [7, 11) is -3.96. The average molecular weight is 395 g/mol. The van der Waals surface area contributed by atoms with Crippen LogP contribution in [0.5, 0.6) is 0 Å². The van der Waals surface area contributed by atoms with Crippen molar-refractivity contribution in [1.82, 2.24) is 9.21 Å². The average Bonchev–Trinajstić information content (AvgIpc) is 3.20. The van der Waals surface area contributed by atoms with Crippen LogP contribution in [0.25, 0.3) is 0 Å². The fourth-order valence-electron chi connectivity index (χ4n) is 3.93. The second-order valence-electron chi connectivity index (χ2n) is 7.20. The number of hydrogen-bond acceptors (Lipinski definition) is 5. The van der Waals surface area contributed by atoms with Crippen LogP contribution in [0.3, 0.4) is 0 Å². The molecule has 1 amide bonds. The Morgan fingerprint density at radius 3 is 2.37 bits per heavy atom. The summed E-state index contributed by atoms with van der Waals surface area (Å²) in [4.78, 5) is 24.3. The summed E-state index contributed by atoms with van der Waals surface area (Å²) >= 11 is 0. The van der Waals surface area contributed by atoms with E-state index < -0.39 is 20.6 Å². The molecule has 2 aliphatic rings. The topological polar surface area (TPSA) is 101 Å². The molecule has 1 aliphatic heterocycles. The molecule has 1 saturated heterocycles. The predicted molar refractivity (Wildman–Crippen MR) is 99.6 cm³/mol. The van der Waals surface area contributed by atoms with Crippen molar-refractivity contribution in [3.05, 3.63) is 34.4 Å². The van der Waals surface area contributed by atoms with E-state index in [0.29, 0.717) is 25.4 Å².